The predicted molar refractivity (Wildman–Crippen MR) is 48.4 cm³/mol. The van der Waals surface area contributed by atoms with E-state index in [1.807, 2.05) is 0 Å². The van der Waals surface area contributed by atoms with Crippen molar-refractivity contribution < 1.29 is 9.90 Å². The molecule has 0 amide bonds. The first-order valence-electron chi connectivity index (χ1n) is 4.76. The monoisotopic (exact) mass is 185 g/mol. The van der Waals surface area contributed by atoms with Crippen LogP contribution in [0.3, 0.4) is 0 Å². The minimum Gasteiger partial charge on any atom is -0.481 e. The smallest absolute Gasteiger partial charge is 0.306 e. The first-order chi connectivity index (χ1) is 6.24. The molecule has 4 heteroatoms. The van der Waals surface area contributed by atoms with Gasteiger partial charge in [0, 0.05) is 0 Å². The first-order valence-corrected chi connectivity index (χ1v) is 4.76. The fraction of sp³-hybridized carbons (Fsp3) is 0.889. The molecule has 0 aromatic heterocycles. The molecule has 13 heavy (non-hydrogen) atoms. The topological polar surface area (TPSA) is 66.7 Å². The maximum atomic E-state index is 10.6. The van der Waals surface area contributed by atoms with E-state index in [0.717, 1.165) is 32.1 Å². The number of hydrogen-bond donors (Lipinski definition) is 1. The lowest BCUT2D eigenvalue weighted by molar-refractivity contribution is -0.143. The van der Waals surface area contributed by atoms with E-state index in [0.29, 0.717) is 12.5 Å². The van der Waals surface area contributed by atoms with Crippen molar-refractivity contribution in [3.63, 3.8) is 0 Å². The highest BCUT2D eigenvalue weighted by molar-refractivity contribution is 5.69. The molecule has 0 radical (unpaired) electrons. The second kappa shape index (κ2) is 4.94. The van der Waals surface area contributed by atoms with Crippen LogP contribution in [-0.4, -0.2) is 17.6 Å². The number of hydrogen-bond acceptors (Lipinski definition) is 3. The van der Waals surface area contributed by atoms with Crippen molar-refractivity contribution in [2.45, 2.75) is 32.1 Å². The van der Waals surface area contributed by atoms with Crippen molar-refractivity contribution in [3.8, 4) is 0 Å². The molecule has 0 aromatic rings. The summed E-state index contributed by atoms with van der Waals surface area (Å²) in [5, 5.41) is 11.5. The number of carboxylic acids is 1. The standard InChI is InChI=1S/C9H15NO3/c11-9(12)8-3-1-7(2-4-8)5-6-10-13/h7-8H,1-6H2,(H,11,12). The third kappa shape index (κ3) is 3.13. The minimum absolute atomic E-state index is 0.152. The van der Waals surface area contributed by atoms with Crippen molar-refractivity contribution >= 4 is 5.97 Å². The lowest BCUT2D eigenvalue weighted by Crippen LogP contribution is -2.21. The Morgan fingerprint density at radius 3 is 2.38 bits per heavy atom. The van der Waals surface area contributed by atoms with Gasteiger partial charge in [0.15, 0.2) is 0 Å². The molecule has 1 rings (SSSR count). The average molecular weight is 185 g/mol. The Bertz CT molecular complexity index is 185. The Labute approximate surface area is 77.3 Å². The number of nitrogens with zero attached hydrogens (tertiary/aromatic N) is 1. The minimum atomic E-state index is -0.674. The van der Waals surface area contributed by atoms with Crippen LogP contribution in [0.4, 0.5) is 0 Å². The molecular formula is C9H15NO3. The Hall–Kier alpha value is -0.930. The summed E-state index contributed by atoms with van der Waals surface area (Å²) in [4.78, 5) is 20.5. The van der Waals surface area contributed by atoms with E-state index in [4.69, 9.17) is 5.11 Å². The van der Waals surface area contributed by atoms with Gasteiger partial charge in [0.1, 0.15) is 0 Å². The number of nitroso groups, excluding NO2 is 1. The SMILES string of the molecule is O=NCCC1CCC(C(=O)O)CC1. The van der Waals surface area contributed by atoms with Gasteiger partial charge in [-0.15, -0.1) is 0 Å². The predicted octanol–water partition coefficient (Wildman–Crippen LogP) is 2.03. The summed E-state index contributed by atoms with van der Waals surface area (Å²) in [6.45, 7) is 0.377. The van der Waals surface area contributed by atoms with Gasteiger partial charge in [0.05, 0.1) is 12.5 Å². The highest BCUT2D eigenvalue weighted by Gasteiger charge is 2.25. The largest absolute Gasteiger partial charge is 0.481 e. The number of carbonyl (C=O) groups is 1. The molecule has 0 heterocycles. The molecule has 0 bridgehead atoms. The van der Waals surface area contributed by atoms with E-state index < -0.39 is 5.97 Å². The van der Waals surface area contributed by atoms with Crippen molar-refractivity contribution in [1.82, 2.24) is 0 Å². The van der Waals surface area contributed by atoms with Gasteiger partial charge in [-0.05, 0) is 38.0 Å². The molecule has 0 unspecified atom stereocenters. The molecule has 0 spiro atoms. The molecule has 1 aliphatic carbocycles. The fourth-order valence-corrected chi connectivity index (χ4v) is 1.93. The molecule has 0 atom stereocenters. The molecular weight excluding hydrogens is 170 g/mol. The Morgan fingerprint density at radius 2 is 1.92 bits per heavy atom. The second-order valence-electron chi connectivity index (χ2n) is 3.70. The van der Waals surface area contributed by atoms with E-state index in [1.165, 1.54) is 0 Å². The van der Waals surface area contributed by atoms with Crippen molar-refractivity contribution in [2.24, 2.45) is 17.0 Å². The molecule has 1 N–H and O–H groups in total. The zero-order valence-corrected chi connectivity index (χ0v) is 7.61. The van der Waals surface area contributed by atoms with Gasteiger partial charge in [-0.2, -0.15) is 4.91 Å². The molecule has 1 fully saturated rings. The van der Waals surface area contributed by atoms with E-state index in [1.54, 1.807) is 0 Å². The van der Waals surface area contributed by atoms with Crippen LogP contribution in [0, 0.1) is 16.7 Å². The molecule has 74 valence electrons. The van der Waals surface area contributed by atoms with Crippen LogP contribution in [0.25, 0.3) is 0 Å². The number of rotatable bonds is 4. The summed E-state index contributed by atoms with van der Waals surface area (Å²) in [6, 6.07) is 0. The van der Waals surface area contributed by atoms with Crippen LogP contribution >= 0.6 is 0 Å². The first kappa shape index (κ1) is 10.2. The summed E-state index contributed by atoms with van der Waals surface area (Å²) in [6.07, 6.45) is 4.23. The van der Waals surface area contributed by atoms with Gasteiger partial charge in [-0.25, -0.2) is 0 Å². The van der Waals surface area contributed by atoms with E-state index in [-0.39, 0.29) is 5.92 Å². The quantitative estimate of drug-likeness (QED) is 0.681. The van der Waals surface area contributed by atoms with Gasteiger partial charge in [-0.3, -0.25) is 4.79 Å². The summed E-state index contributed by atoms with van der Waals surface area (Å²) < 4.78 is 0. The van der Waals surface area contributed by atoms with Crippen LogP contribution in [0.2, 0.25) is 0 Å². The average Bonchev–Trinajstić information content (AvgIpc) is 2.15. The molecule has 1 aliphatic rings. The third-order valence-electron chi connectivity index (χ3n) is 2.82. The van der Waals surface area contributed by atoms with Gasteiger partial charge < -0.3 is 5.11 Å². The van der Waals surface area contributed by atoms with Crippen molar-refractivity contribution in [2.75, 3.05) is 6.54 Å². The lowest BCUT2D eigenvalue weighted by atomic mass is 9.81. The highest BCUT2D eigenvalue weighted by Crippen LogP contribution is 2.30. The summed E-state index contributed by atoms with van der Waals surface area (Å²) >= 11 is 0. The Morgan fingerprint density at radius 1 is 1.31 bits per heavy atom. The Balaban J connectivity index is 2.22. The molecule has 0 aromatic carbocycles. The van der Waals surface area contributed by atoms with Gasteiger partial charge in [0.2, 0.25) is 0 Å². The molecule has 4 nitrogen and oxygen atoms in total. The normalized spacial score (nSPS) is 28.3. The summed E-state index contributed by atoms with van der Waals surface area (Å²) in [5.41, 5.74) is 0. The zero-order valence-electron chi connectivity index (χ0n) is 7.61. The van der Waals surface area contributed by atoms with Gasteiger partial charge in [0.25, 0.3) is 0 Å². The molecule has 0 aliphatic heterocycles. The lowest BCUT2D eigenvalue weighted by Gasteiger charge is -2.25. The molecule has 0 saturated heterocycles. The third-order valence-corrected chi connectivity index (χ3v) is 2.82. The van der Waals surface area contributed by atoms with E-state index >= 15 is 0 Å². The second-order valence-corrected chi connectivity index (χ2v) is 3.70. The van der Waals surface area contributed by atoms with Gasteiger partial charge in [-0.1, -0.05) is 5.18 Å². The maximum absolute atomic E-state index is 10.6. The van der Waals surface area contributed by atoms with Crippen molar-refractivity contribution in [3.05, 3.63) is 4.91 Å². The summed E-state index contributed by atoms with van der Waals surface area (Å²) in [5.74, 6) is -0.305. The van der Waals surface area contributed by atoms with Crippen molar-refractivity contribution in [1.29, 1.82) is 0 Å². The Kier molecular flexibility index (Phi) is 3.86. The van der Waals surface area contributed by atoms with Gasteiger partial charge >= 0.3 is 5.97 Å². The van der Waals surface area contributed by atoms with E-state index in [2.05, 4.69) is 5.18 Å². The van der Waals surface area contributed by atoms with Crippen LogP contribution in [0.15, 0.2) is 5.18 Å². The zero-order chi connectivity index (χ0) is 9.68. The van der Waals surface area contributed by atoms with Crippen LogP contribution in [-0.2, 0) is 4.79 Å². The maximum Gasteiger partial charge on any atom is 0.306 e. The van der Waals surface area contributed by atoms with Crippen LogP contribution in [0.1, 0.15) is 32.1 Å². The number of aliphatic carboxylic acids is 1. The molecule has 1 saturated carbocycles. The van der Waals surface area contributed by atoms with E-state index in [9.17, 15) is 9.70 Å². The summed E-state index contributed by atoms with van der Waals surface area (Å²) in [7, 11) is 0. The highest BCUT2D eigenvalue weighted by atomic mass is 16.4. The van der Waals surface area contributed by atoms with Crippen LogP contribution < -0.4 is 0 Å². The number of carboxylic acid groups (broad SMARTS) is 1. The van der Waals surface area contributed by atoms with Crippen LogP contribution in [0.5, 0.6) is 0 Å². The fourth-order valence-electron chi connectivity index (χ4n) is 1.93.